The number of nitrogens with one attached hydrogen (secondary N) is 2. The van der Waals surface area contributed by atoms with Crippen molar-refractivity contribution >= 4 is 35.2 Å². The molecule has 256 valence electrons. The van der Waals surface area contributed by atoms with Gasteiger partial charge in [0.2, 0.25) is 23.6 Å². The van der Waals surface area contributed by atoms with Crippen molar-refractivity contribution in [2.24, 2.45) is 11.3 Å². The molecule has 1 aromatic carbocycles. The highest BCUT2D eigenvalue weighted by Crippen LogP contribution is 2.27. The summed E-state index contributed by atoms with van der Waals surface area (Å²) in [6.07, 6.45) is 6.02. The van der Waals surface area contributed by atoms with Crippen molar-refractivity contribution in [1.82, 2.24) is 25.3 Å². The van der Waals surface area contributed by atoms with Gasteiger partial charge in [-0.25, -0.2) is 0 Å². The summed E-state index contributed by atoms with van der Waals surface area (Å²) in [5, 5.41) is 6.73. The van der Waals surface area contributed by atoms with Gasteiger partial charge in [0.05, 0.1) is 12.1 Å². The topological polar surface area (TPSA) is 102 Å². The molecule has 2 fully saturated rings. The number of halogens is 1. The maximum Gasteiger partial charge on any atom is 0.249 e. The first kappa shape index (κ1) is 37.5. The highest BCUT2D eigenvalue weighted by atomic mass is 35.5. The first-order valence-electron chi connectivity index (χ1n) is 16.9. The van der Waals surface area contributed by atoms with Gasteiger partial charge in [0, 0.05) is 36.8 Å². The summed E-state index contributed by atoms with van der Waals surface area (Å²) in [5.74, 6) is -0.683. The van der Waals surface area contributed by atoms with Crippen LogP contribution in [0.3, 0.4) is 0 Å². The third-order valence-corrected chi connectivity index (χ3v) is 9.59. The molecule has 0 spiro atoms. The van der Waals surface area contributed by atoms with Crippen LogP contribution in [0.15, 0.2) is 35.9 Å². The Kier molecular flexibility index (Phi) is 13.3. The smallest absolute Gasteiger partial charge is 0.249 e. The maximum atomic E-state index is 14.1. The fourth-order valence-corrected chi connectivity index (χ4v) is 6.71. The monoisotopic (exact) mass is 657 g/mol. The molecule has 0 bridgehead atoms. The molecule has 2 aliphatic heterocycles. The lowest BCUT2D eigenvalue weighted by atomic mass is 9.84. The molecule has 2 N–H and O–H groups in total. The van der Waals surface area contributed by atoms with Crippen molar-refractivity contribution in [2.75, 3.05) is 20.1 Å². The Balaban J connectivity index is 1.74. The molecule has 10 heteroatoms. The van der Waals surface area contributed by atoms with E-state index in [-0.39, 0.29) is 47.7 Å². The van der Waals surface area contributed by atoms with Crippen molar-refractivity contribution in [2.45, 2.75) is 124 Å². The Labute approximate surface area is 281 Å². The average Bonchev–Trinajstić information content (AvgIpc) is 3.50. The van der Waals surface area contributed by atoms with Crippen LogP contribution in [0, 0.1) is 11.3 Å². The quantitative estimate of drug-likeness (QED) is 0.320. The lowest BCUT2D eigenvalue weighted by Crippen LogP contribution is -2.60. The van der Waals surface area contributed by atoms with Gasteiger partial charge >= 0.3 is 0 Å². The molecule has 0 aromatic heterocycles. The Morgan fingerprint density at radius 3 is 2.17 bits per heavy atom. The molecule has 1 aromatic rings. The first-order valence-corrected chi connectivity index (χ1v) is 17.2. The van der Waals surface area contributed by atoms with Crippen LogP contribution in [0.4, 0.5) is 0 Å². The fourth-order valence-electron chi connectivity index (χ4n) is 6.59. The van der Waals surface area contributed by atoms with Crippen LogP contribution in [0.1, 0.15) is 93.1 Å². The minimum atomic E-state index is -0.737. The summed E-state index contributed by atoms with van der Waals surface area (Å²) in [6, 6.07) is 5.60. The maximum absolute atomic E-state index is 14.1. The van der Waals surface area contributed by atoms with Gasteiger partial charge in [-0.05, 0) is 82.0 Å². The van der Waals surface area contributed by atoms with E-state index >= 15 is 0 Å². The molecular weight excluding hydrogens is 602 g/mol. The average molecular weight is 658 g/mol. The van der Waals surface area contributed by atoms with Crippen molar-refractivity contribution in [3.63, 3.8) is 0 Å². The van der Waals surface area contributed by atoms with Gasteiger partial charge < -0.3 is 20.4 Å². The number of likely N-dealkylation sites (N-methyl/N-ethyl adjacent to an activating group) is 1. The molecule has 9 nitrogen and oxygen atoms in total. The predicted octanol–water partition coefficient (Wildman–Crippen LogP) is 5.17. The summed E-state index contributed by atoms with van der Waals surface area (Å²) in [7, 11) is 1.75. The molecule has 0 radical (unpaired) electrons. The van der Waals surface area contributed by atoms with Crippen LogP contribution in [-0.2, 0) is 25.7 Å². The second kappa shape index (κ2) is 16.3. The zero-order chi connectivity index (χ0) is 34.3. The molecule has 4 atom stereocenters. The molecule has 1 unspecified atom stereocenters. The summed E-state index contributed by atoms with van der Waals surface area (Å²) < 4.78 is 0. The van der Waals surface area contributed by atoms with Crippen LogP contribution in [0.25, 0.3) is 0 Å². The van der Waals surface area contributed by atoms with E-state index in [0.29, 0.717) is 30.1 Å². The van der Waals surface area contributed by atoms with Gasteiger partial charge in [0.25, 0.3) is 0 Å². The molecule has 2 saturated heterocycles. The van der Waals surface area contributed by atoms with Gasteiger partial charge in [-0.15, -0.1) is 0 Å². The standard InChI is InChI=1S/C36H56ClN5O4/c1-23(2)30(40(9)35(46)31(36(6,7)8)39-33(44)29-13-10-11-19-41(29)24(3)4)21-25(5)34(45)42-20-12-14-28(42)32(43)38-22-26-15-17-27(37)18-16-26/h15-18,21,23-24,28-31H,10-14,19-20,22H2,1-9H3,(H,38,43)(H,39,44)/t28-,29?,30+,31+/m0/s1. The largest absolute Gasteiger partial charge is 0.350 e. The number of likely N-dealkylation sites (tertiary alicyclic amines) is 2. The molecule has 46 heavy (non-hydrogen) atoms. The second-order valence-electron chi connectivity index (χ2n) is 14.7. The van der Waals surface area contributed by atoms with E-state index in [4.69, 9.17) is 11.6 Å². The Morgan fingerprint density at radius 2 is 1.59 bits per heavy atom. The van der Waals surface area contributed by atoms with Crippen LogP contribution in [0.2, 0.25) is 5.02 Å². The predicted molar refractivity (Wildman–Crippen MR) is 184 cm³/mol. The molecule has 2 aliphatic rings. The number of rotatable bonds is 11. The van der Waals surface area contributed by atoms with Crippen LogP contribution >= 0.6 is 11.6 Å². The number of hydrogen-bond acceptors (Lipinski definition) is 5. The third-order valence-electron chi connectivity index (χ3n) is 9.34. The van der Waals surface area contributed by atoms with Gasteiger partial charge in [0.1, 0.15) is 12.1 Å². The van der Waals surface area contributed by atoms with E-state index in [1.54, 1.807) is 35.9 Å². The molecular formula is C36H56ClN5O4. The Hall–Kier alpha value is -2.91. The van der Waals surface area contributed by atoms with Crippen molar-refractivity contribution in [3.8, 4) is 0 Å². The number of benzene rings is 1. The Bertz CT molecular complexity index is 1260. The molecule has 4 amide bonds. The van der Waals surface area contributed by atoms with Crippen molar-refractivity contribution < 1.29 is 19.2 Å². The highest BCUT2D eigenvalue weighted by molar-refractivity contribution is 6.30. The van der Waals surface area contributed by atoms with E-state index in [1.165, 1.54) is 0 Å². The highest BCUT2D eigenvalue weighted by Gasteiger charge is 2.40. The minimum Gasteiger partial charge on any atom is -0.350 e. The van der Waals surface area contributed by atoms with Crippen molar-refractivity contribution in [3.05, 3.63) is 46.5 Å². The molecule has 0 aliphatic carbocycles. The third kappa shape index (κ3) is 9.57. The zero-order valence-corrected chi connectivity index (χ0v) is 30.1. The number of carbonyl (C=O) groups is 4. The van der Waals surface area contributed by atoms with Crippen LogP contribution in [0.5, 0.6) is 0 Å². The van der Waals surface area contributed by atoms with Gasteiger partial charge in [-0.2, -0.15) is 0 Å². The number of carbonyl (C=O) groups excluding carboxylic acids is 4. The minimum absolute atomic E-state index is 0.000142. The van der Waals surface area contributed by atoms with Crippen LogP contribution < -0.4 is 10.6 Å². The van der Waals surface area contributed by atoms with E-state index < -0.39 is 17.5 Å². The molecule has 3 rings (SSSR count). The van der Waals surface area contributed by atoms with E-state index in [9.17, 15) is 19.2 Å². The van der Waals surface area contributed by atoms with Gasteiger partial charge in [0.15, 0.2) is 0 Å². The second-order valence-corrected chi connectivity index (χ2v) is 15.1. The lowest BCUT2D eigenvalue weighted by molar-refractivity contribution is -0.142. The number of nitrogens with zero attached hydrogens (tertiary/aromatic N) is 3. The number of amides is 4. The van der Waals surface area contributed by atoms with E-state index in [0.717, 1.165) is 37.8 Å². The SMILES string of the molecule is CC(=C[C@H](C(C)C)N(C)C(=O)[C@@H](NC(=O)C1CCCCN1C(C)C)C(C)(C)C)C(=O)N1CCC[C@H]1C(=O)NCc1ccc(Cl)cc1. The van der Waals surface area contributed by atoms with Crippen LogP contribution in [-0.4, -0.2) is 88.7 Å². The van der Waals surface area contributed by atoms with E-state index in [1.807, 2.05) is 52.8 Å². The number of piperidine rings is 1. The normalized spacial score (nSPS) is 20.9. The zero-order valence-electron chi connectivity index (χ0n) is 29.4. The number of hydrogen-bond donors (Lipinski definition) is 2. The van der Waals surface area contributed by atoms with Gasteiger partial charge in [-0.1, -0.05) is 70.8 Å². The summed E-state index contributed by atoms with van der Waals surface area (Å²) in [5.41, 5.74) is 0.885. The summed E-state index contributed by atoms with van der Waals surface area (Å²) >= 11 is 5.98. The lowest BCUT2D eigenvalue weighted by Gasteiger charge is -2.41. The van der Waals surface area contributed by atoms with Crippen molar-refractivity contribution in [1.29, 1.82) is 0 Å². The molecule has 0 saturated carbocycles. The summed E-state index contributed by atoms with van der Waals surface area (Å²) in [6.45, 7) is 17.6. The van der Waals surface area contributed by atoms with E-state index in [2.05, 4.69) is 29.4 Å². The first-order chi connectivity index (χ1) is 21.5. The summed E-state index contributed by atoms with van der Waals surface area (Å²) in [4.78, 5) is 60.2. The molecule has 2 heterocycles. The van der Waals surface area contributed by atoms with Gasteiger partial charge in [-0.3, -0.25) is 24.1 Å². The Morgan fingerprint density at radius 1 is 0.957 bits per heavy atom. The fraction of sp³-hybridized carbons (Fsp3) is 0.667.